The van der Waals surface area contributed by atoms with E-state index in [1.807, 2.05) is 0 Å². The van der Waals surface area contributed by atoms with E-state index in [0.29, 0.717) is 18.0 Å². The minimum absolute atomic E-state index is 0.0717. The van der Waals surface area contributed by atoms with Gasteiger partial charge in [0.25, 0.3) is 0 Å². The molecule has 5 nitrogen and oxygen atoms in total. The standard InChI is InChI=1S/C11H8F3N3O2S/c1-17-9(19)15-16-10(17)20-8-3-2-6(5-18)4-7(8)11(12,13)14/h2-5H,1H3,(H,15,19). The third-order valence-electron chi connectivity index (χ3n) is 2.49. The molecule has 0 fully saturated rings. The van der Waals surface area contributed by atoms with Crippen LogP contribution in [0.3, 0.4) is 0 Å². The highest BCUT2D eigenvalue weighted by atomic mass is 32.2. The maximum atomic E-state index is 12.9. The number of benzene rings is 1. The van der Waals surface area contributed by atoms with Crippen molar-refractivity contribution in [2.75, 3.05) is 0 Å². The number of carbonyl (C=O) groups excluding carboxylic acids is 1. The number of halogens is 3. The second-order valence-corrected chi connectivity index (χ2v) is 4.85. The molecule has 0 unspecified atom stereocenters. The maximum Gasteiger partial charge on any atom is 0.417 e. The average Bonchev–Trinajstić information content (AvgIpc) is 2.70. The molecule has 2 rings (SSSR count). The summed E-state index contributed by atoms with van der Waals surface area (Å²) < 4.78 is 39.9. The fourth-order valence-electron chi connectivity index (χ4n) is 1.45. The lowest BCUT2D eigenvalue weighted by Gasteiger charge is -2.12. The van der Waals surface area contributed by atoms with Crippen molar-refractivity contribution in [3.63, 3.8) is 0 Å². The smallest absolute Gasteiger partial charge is 0.298 e. The van der Waals surface area contributed by atoms with E-state index in [-0.39, 0.29) is 15.6 Å². The molecular weight excluding hydrogens is 295 g/mol. The summed E-state index contributed by atoms with van der Waals surface area (Å²) in [6.07, 6.45) is -4.26. The zero-order valence-corrected chi connectivity index (χ0v) is 10.9. The Morgan fingerprint density at radius 2 is 2.10 bits per heavy atom. The van der Waals surface area contributed by atoms with Crippen molar-refractivity contribution in [1.82, 2.24) is 14.8 Å². The van der Waals surface area contributed by atoms with Gasteiger partial charge in [0.05, 0.1) is 5.56 Å². The van der Waals surface area contributed by atoms with Crippen LogP contribution in [0.25, 0.3) is 0 Å². The number of aldehydes is 1. The number of hydrogen-bond donors (Lipinski definition) is 1. The minimum Gasteiger partial charge on any atom is -0.298 e. The molecule has 1 aromatic heterocycles. The maximum absolute atomic E-state index is 12.9. The van der Waals surface area contributed by atoms with Gasteiger partial charge in [0.2, 0.25) is 0 Å². The molecule has 0 bridgehead atoms. The molecule has 9 heteroatoms. The summed E-state index contributed by atoms with van der Waals surface area (Å²) in [5.41, 5.74) is -1.54. The Morgan fingerprint density at radius 3 is 2.60 bits per heavy atom. The molecule has 0 atom stereocenters. The van der Waals surface area contributed by atoms with Gasteiger partial charge in [-0.2, -0.15) is 13.2 Å². The largest absolute Gasteiger partial charge is 0.417 e. The highest BCUT2D eigenvalue weighted by Crippen LogP contribution is 2.38. The normalized spacial score (nSPS) is 11.6. The van der Waals surface area contributed by atoms with Gasteiger partial charge in [0.1, 0.15) is 6.29 Å². The molecule has 0 aliphatic heterocycles. The van der Waals surface area contributed by atoms with E-state index in [1.165, 1.54) is 19.2 Å². The van der Waals surface area contributed by atoms with E-state index in [2.05, 4.69) is 10.2 Å². The molecule has 0 spiro atoms. The zero-order valence-electron chi connectivity index (χ0n) is 10.1. The Labute approximate surface area is 114 Å². The van der Waals surface area contributed by atoms with E-state index >= 15 is 0 Å². The third kappa shape index (κ3) is 2.77. The Morgan fingerprint density at radius 1 is 1.40 bits per heavy atom. The monoisotopic (exact) mass is 303 g/mol. The van der Waals surface area contributed by atoms with Crippen LogP contribution in [0.5, 0.6) is 0 Å². The first-order chi connectivity index (χ1) is 9.32. The van der Waals surface area contributed by atoms with Gasteiger partial charge in [-0.1, -0.05) is 6.07 Å². The number of hydrogen-bond acceptors (Lipinski definition) is 4. The fraction of sp³-hybridized carbons (Fsp3) is 0.182. The number of rotatable bonds is 3. The summed E-state index contributed by atoms with van der Waals surface area (Å²) in [5, 5.41) is 5.86. The molecule has 0 aliphatic rings. The number of H-pyrrole nitrogens is 1. The van der Waals surface area contributed by atoms with E-state index in [9.17, 15) is 22.8 Å². The van der Waals surface area contributed by atoms with E-state index in [1.54, 1.807) is 0 Å². The lowest BCUT2D eigenvalue weighted by molar-refractivity contribution is -0.139. The van der Waals surface area contributed by atoms with Crippen molar-refractivity contribution in [3.05, 3.63) is 39.8 Å². The molecule has 106 valence electrons. The molecule has 1 aromatic carbocycles. The molecule has 0 aliphatic carbocycles. The van der Waals surface area contributed by atoms with Gasteiger partial charge < -0.3 is 0 Å². The fourth-order valence-corrected chi connectivity index (χ4v) is 2.38. The van der Waals surface area contributed by atoms with Gasteiger partial charge in [-0.25, -0.2) is 9.89 Å². The van der Waals surface area contributed by atoms with Crippen LogP contribution in [0.1, 0.15) is 15.9 Å². The van der Waals surface area contributed by atoms with Gasteiger partial charge in [0, 0.05) is 17.5 Å². The van der Waals surface area contributed by atoms with Gasteiger partial charge in [0.15, 0.2) is 5.16 Å². The predicted octanol–water partition coefficient (Wildman–Crippen LogP) is 2.09. The number of carbonyl (C=O) groups is 1. The van der Waals surface area contributed by atoms with Crippen LogP contribution in [-0.4, -0.2) is 21.1 Å². The SMILES string of the molecule is Cn1c(Sc2ccc(C=O)cc2C(F)(F)F)n[nH]c1=O. The summed E-state index contributed by atoms with van der Waals surface area (Å²) in [4.78, 5) is 21.6. The van der Waals surface area contributed by atoms with Gasteiger partial charge in [-0.3, -0.25) is 9.36 Å². The van der Waals surface area contributed by atoms with Gasteiger partial charge in [-0.15, -0.1) is 5.10 Å². The third-order valence-corrected chi connectivity index (χ3v) is 3.61. The summed E-state index contributed by atoms with van der Waals surface area (Å²) in [6, 6.07) is 3.21. The summed E-state index contributed by atoms with van der Waals surface area (Å²) in [6.45, 7) is 0. The van der Waals surface area contributed by atoms with Crippen LogP contribution in [-0.2, 0) is 13.2 Å². The van der Waals surface area contributed by atoms with Crippen LogP contribution in [0.2, 0.25) is 0 Å². The summed E-state index contributed by atoms with van der Waals surface area (Å²) in [7, 11) is 1.39. The summed E-state index contributed by atoms with van der Waals surface area (Å²) in [5.74, 6) is 0. The predicted molar refractivity (Wildman–Crippen MR) is 64.8 cm³/mol. The molecule has 0 amide bonds. The number of aromatic nitrogens is 3. The number of nitrogens with zero attached hydrogens (tertiary/aromatic N) is 2. The van der Waals surface area contributed by atoms with Gasteiger partial charge in [-0.05, 0) is 23.9 Å². The van der Waals surface area contributed by atoms with Crippen molar-refractivity contribution in [2.45, 2.75) is 16.2 Å². The van der Waals surface area contributed by atoms with Crippen molar-refractivity contribution >= 4 is 18.0 Å². The number of alkyl halides is 3. The second-order valence-electron chi connectivity index (χ2n) is 3.84. The van der Waals surface area contributed by atoms with Crippen LogP contribution in [0, 0.1) is 0 Å². The van der Waals surface area contributed by atoms with Crippen molar-refractivity contribution in [3.8, 4) is 0 Å². The minimum atomic E-state index is -4.60. The molecule has 0 radical (unpaired) electrons. The van der Waals surface area contributed by atoms with Crippen molar-refractivity contribution < 1.29 is 18.0 Å². The van der Waals surface area contributed by atoms with Crippen molar-refractivity contribution in [2.24, 2.45) is 7.05 Å². The Balaban J connectivity index is 2.48. The van der Waals surface area contributed by atoms with Crippen LogP contribution in [0.4, 0.5) is 13.2 Å². The summed E-state index contributed by atoms with van der Waals surface area (Å²) >= 11 is 0.692. The second kappa shape index (κ2) is 5.16. The van der Waals surface area contributed by atoms with E-state index in [0.717, 1.165) is 10.6 Å². The molecule has 0 saturated carbocycles. The van der Waals surface area contributed by atoms with Gasteiger partial charge >= 0.3 is 11.9 Å². The van der Waals surface area contributed by atoms with Crippen LogP contribution in [0.15, 0.2) is 33.0 Å². The molecule has 0 saturated heterocycles. The van der Waals surface area contributed by atoms with Crippen molar-refractivity contribution in [1.29, 1.82) is 0 Å². The molecule has 20 heavy (non-hydrogen) atoms. The first kappa shape index (κ1) is 14.4. The number of aromatic amines is 1. The van der Waals surface area contributed by atoms with Crippen LogP contribution < -0.4 is 5.69 Å². The Hall–Kier alpha value is -2.03. The average molecular weight is 303 g/mol. The van der Waals surface area contributed by atoms with E-state index in [4.69, 9.17) is 0 Å². The lowest BCUT2D eigenvalue weighted by Crippen LogP contribution is -2.13. The highest BCUT2D eigenvalue weighted by molar-refractivity contribution is 7.99. The van der Waals surface area contributed by atoms with Crippen LogP contribution >= 0.6 is 11.8 Å². The Bertz CT molecular complexity index is 706. The first-order valence-corrected chi connectivity index (χ1v) is 6.10. The molecule has 1 heterocycles. The topological polar surface area (TPSA) is 67.8 Å². The lowest BCUT2D eigenvalue weighted by atomic mass is 10.1. The quantitative estimate of drug-likeness (QED) is 0.882. The Kier molecular flexibility index (Phi) is 3.71. The molecule has 2 aromatic rings. The number of nitrogens with one attached hydrogen (secondary N) is 1. The molecule has 1 N–H and O–H groups in total. The zero-order chi connectivity index (χ0) is 14.9. The highest BCUT2D eigenvalue weighted by Gasteiger charge is 2.34. The first-order valence-electron chi connectivity index (χ1n) is 5.28. The van der Waals surface area contributed by atoms with E-state index < -0.39 is 17.4 Å². The molecular formula is C11H8F3N3O2S.